The lowest BCUT2D eigenvalue weighted by molar-refractivity contribution is -0.144. The minimum Gasteiger partial charge on any atom is -0.465 e. The molecule has 2 aliphatic heterocycles. The second-order valence-corrected chi connectivity index (χ2v) is 13.3. The van der Waals surface area contributed by atoms with E-state index in [2.05, 4.69) is 10.3 Å². The number of halogens is 1. The Bertz CT molecular complexity index is 1360. The first kappa shape index (κ1) is 35.2. The van der Waals surface area contributed by atoms with Crippen molar-refractivity contribution in [3.63, 3.8) is 0 Å². The number of amides is 3. The second-order valence-electron chi connectivity index (χ2n) is 13.3. The van der Waals surface area contributed by atoms with Gasteiger partial charge in [0.05, 0.1) is 51.0 Å². The van der Waals surface area contributed by atoms with Gasteiger partial charge in [0.15, 0.2) is 5.69 Å². The molecule has 0 saturated carbocycles. The first-order valence-electron chi connectivity index (χ1n) is 15.8. The van der Waals surface area contributed by atoms with Crippen molar-refractivity contribution in [3.05, 3.63) is 41.5 Å². The summed E-state index contributed by atoms with van der Waals surface area (Å²) in [6.07, 6.45) is -0.888. The zero-order valence-corrected chi connectivity index (χ0v) is 27.6. The van der Waals surface area contributed by atoms with E-state index in [1.807, 2.05) is 34.6 Å². The quantitative estimate of drug-likeness (QED) is 0.364. The van der Waals surface area contributed by atoms with E-state index >= 15 is 0 Å². The van der Waals surface area contributed by atoms with E-state index in [4.69, 9.17) is 14.2 Å². The van der Waals surface area contributed by atoms with Gasteiger partial charge in [0, 0.05) is 33.3 Å². The zero-order valence-electron chi connectivity index (χ0n) is 27.6. The minimum absolute atomic E-state index is 0.0128. The van der Waals surface area contributed by atoms with Crippen molar-refractivity contribution in [2.75, 3.05) is 59.7 Å². The standard InChI is InChI=1S/C32H47FN6O7/c1-21(2)18-37(30(41)27-26(20-46-16-15-44-6)39(35-34-27)24-10-8-7-9-23(24)33)25-17-22(29(40)36-11-13-45-14-12-36)19-38(31(42)43)28(25)32(3,4)5/h7-10,21-22,25,28H,11-20H2,1-6H3,(H,42,43)/t22-,25+,28?/m1/s1. The first-order valence-corrected chi connectivity index (χ1v) is 15.8. The van der Waals surface area contributed by atoms with Gasteiger partial charge in [-0.1, -0.05) is 52.0 Å². The average Bonchev–Trinajstić information content (AvgIpc) is 3.44. The van der Waals surface area contributed by atoms with Gasteiger partial charge in [0.25, 0.3) is 5.91 Å². The Morgan fingerprint density at radius 2 is 1.85 bits per heavy atom. The number of carbonyl (C=O) groups is 3. The summed E-state index contributed by atoms with van der Waals surface area (Å²) in [6, 6.07) is 4.73. The van der Waals surface area contributed by atoms with Crippen molar-refractivity contribution in [1.29, 1.82) is 0 Å². The summed E-state index contributed by atoms with van der Waals surface area (Å²) in [5, 5.41) is 18.9. The van der Waals surface area contributed by atoms with Gasteiger partial charge < -0.3 is 34.0 Å². The van der Waals surface area contributed by atoms with E-state index < -0.39 is 41.2 Å². The van der Waals surface area contributed by atoms with Gasteiger partial charge in [-0.15, -0.1) is 5.10 Å². The third-order valence-electron chi connectivity index (χ3n) is 8.39. The molecule has 2 saturated heterocycles. The van der Waals surface area contributed by atoms with E-state index in [9.17, 15) is 23.9 Å². The van der Waals surface area contributed by atoms with Crippen LogP contribution in [0.25, 0.3) is 5.69 Å². The van der Waals surface area contributed by atoms with Crippen molar-refractivity contribution >= 4 is 17.9 Å². The number of morpholine rings is 1. The van der Waals surface area contributed by atoms with Crippen LogP contribution in [-0.4, -0.2) is 125 Å². The molecule has 254 valence electrons. The average molecular weight is 647 g/mol. The normalized spacial score (nSPS) is 20.7. The minimum atomic E-state index is -1.15. The second kappa shape index (κ2) is 15.3. The maximum Gasteiger partial charge on any atom is 0.407 e. The van der Waals surface area contributed by atoms with Crippen LogP contribution in [0.15, 0.2) is 24.3 Å². The van der Waals surface area contributed by atoms with E-state index in [-0.39, 0.29) is 61.6 Å². The van der Waals surface area contributed by atoms with Crippen molar-refractivity contribution in [2.24, 2.45) is 17.3 Å². The van der Waals surface area contributed by atoms with Crippen LogP contribution >= 0.6 is 0 Å². The predicted molar refractivity (Wildman–Crippen MR) is 166 cm³/mol. The fraction of sp³-hybridized carbons (Fsp3) is 0.656. The maximum absolute atomic E-state index is 15.0. The Morgan fingerprint density at radius 3 is 2.46 bits per heavy atom. The molecule has 1 unspecified atom stereocenters. The summed E-state index contributed by atoms with van der Waals surface area (Å²) in [5.41, 5.74) is -0.271. The van der Waals surface area contributed by atoms with Crippen molar-refractivity contribution in [1.82, 2.24) is 29.7 Å². The molecule has 1 N–H and O–H groups in total. The molecular formula is C32H47FN6O7. The van der Waals surface area contributed by atoms with Crippen LogP contribution in [0, 0.1) is 23.1 Å². The number of nitrogens with zero attached hydrogens (tertiary/aromatic N) is 6. The highest BCUT2D eigenvalue weighted by molar-refractivity contribution is 5.94. The number of hydrogen-bond donors (Lipinski definition) is 1. The van der Waals surface area contributed by atoms with Gasteiger partial charge in [-0.25, -0.2) is 13.9 Å². The van der Waals surface area contributed by atoms with E-state index in [0.717, 1.165) is 0 Å². The molecule has 46 heavy (non-hydrogen) atoms. The van der Waals surface area contributed by atoms with Crippen molar-refractivity contribution in [3.8, 4) is 5.69 Å². The largest absolute Gasteiger partial charge is 0.465 e. The number of methoxy groups -OCH3 is 1. The van der Waals surface area contributed by atoms with Gasteiger partial charge in [0.2, 0.25) is 5.91 Å². The number of likely N-dealkylation sites (tertiary alicyclic amines) is 1. The molecule has 1 aromatic heterocycles. The fourth-order valence-electron chi connectivity index (χ4n) is 6.44. The molecule has 0 spiro atoms. The lowest BCUT2D eigenvalue weighted by atomic mass is 9.74. The zero-order chi connectivity index (χ0) is 33.6. The smallest absolute Gasteiger partial charge is 0.407 e. The van der Waals surface area contributed by atoms with Crippen molar-refractivity contribution < 1.29 is 38.1 Å². The lowest BCUT2D eigenvalue weighted by Gasteiger charge is -2.52. The van der Waals surface area contributed by atoms with Crippen LogP contribution in [0.1, 0.15) is 57.2 Å². The Hall–Kier alpha value is -3.62. The highest BCUT2D eigenvalue weighted by Gasteiger charge is 2.50. The van der Waals surface area contributed by atoms with E-state index in [1.165, 1.54) is 21.7 Å². The summed E-state index contributed by atoms with van der Waals surface area (Å²) in [4.78, 5) is 46.0. The van der Waals surface area contributed by atoms with Crippen LogP contribution in [0.4, 0.5) is 9.18 Å². The molecule has 2 fully saturated rings. The monoisotopic (exact) mass is 646 g/mol. The van der Waals surface area contributed by atoms with E-state index in [0.29, 0.717) is 32.9 Å². The number of ether oxygens (including phenoxy) is 3. The fourth-order valence-corrected chi connectivity index (χ4v) is 6.44. The first-order chi connectivity index (χ1) is 21.8. The van der Waals surface area contributed by atoms with Gasteiger partial charge in [-0.2, -0.15) is 0 Å². The number of aromatic nitrogens is 3. The molecule has 3 atom stereocenters. The molecule has 0 bridgehead atoms. The Balaban J connectivity index is 1.80. The highest BCUT2D eigenvalue weighted by atomic mass is 19.1. The number of rotatable bonds is 11. The number of hydrogen-bond acceptors (Lipinski definition) is 8. The summed E-state index contributed by atoms with van der Waals surface area (Å²) < 4.78 is 32.5. The molecular weight excluding hydrogens is 599 g/mol. The molecule has 0 aliphatic carbocycles. The summed E-state index contributed by atoms with van der Waals surface area (Å²) >= 11 is 0. The highest BCUT2D eigenvalue weighted by Crippen LogP contribution is 2.38. The lowest BCUT2D eigenvalue weighted by Crippen LogP contribution is -2.66. The molecule has 2 aliphatic rings. The topological polar surface area (TPSA) is 140 Å². The molecule has 4 rings (SSSR count). The number of carboxylic acid groups (broad SMARTS) is 1. The Labute approximate surface area is 269 Å². The predicted octanol–water partition coefficient (Wildman–Crippen LogP) is 3.31. The number of benzene rings is 1. The van der Waals surface area contributed by atoms with Crippen LogP contribution in [-0.2, 0) is 25.6 Å². The number of piperidine rings is 1. The maximum atomic E-state index is 15.0. The van der Waals surface area contributed by atoms with Crippen LogP contribution in [0.3, 0.4) is 0 Å². The Kier molecular flexibility index (Phi) is 11.7. The van der Waals surface area contributed by atoms with Gasteiger partial charge in [-0.05, 0) is 29.9 Å². The number of carbonyl (C=O) groups excluding carboxylic acids is 2. The summed E-state index contributed by atoms with van der Waals surface area (Å²) in [5.74, 6) is -1.87. The van der Waals surface area contributed by atoms with Gasteiger partial charge in [-0.3, -0.25) is 9.59 Å². The molecule has 3 heterocycles. The third-order valence-corrected chi connectivity index (χ3v) is 8.39. The molecule has 1 aromatic carbocycles. The molecule has 3 amide bonds. The summed E-state index contributed by atoms with van der Waals surface area (Å²) in [6.45, 7) is 12.1. The molecule has 0 radical (unpaired) electrons. The molecule has 2 aromatic rings. The SMILES string of the molecule is COCCOCc1c(C(=O)N(CC(C)C)[C@H]2C[C@@H](C(=O)N3CCOCC3)CN(C(=O)O)C2C(C)(C)C)nnn1-c1ccccc1F. The van der Waals surface area contributed by atoms with Gasteiger partial charge >= 0.3 is 6.09 Å². The number of para-hydroxylation sites is 1. The van der Waals surface area contributed by atoms with E-state index in [1.54, 1.807) is 29.0 Å². The Morgan fingerprint density at radius 1 is 1.15 bits per heavy atom. The van der Waals surface area contributed by atoms with Crippen molar-refractivity contribution in [2.45, 2.75) is 59.7 Å². The molecule has 13 nitrogen and oxygen atoms in total. The molecule has 14 heteroatoms. The van der Waals surface area contributed by atoms with Crippen LogP contribution < -0.4 is 0 Å². The van der Waals surface area contributed by atoms with Crippen LogP contribution in [0.5, 0.6) is 0 Å². The summed E-state index contributed by atoms with van der Waals surface area (Å²) in [7, 11) is 1.54. The van der Waals surface area contributed by atoms with Gasteiger partial charge in [0.1, 0.15) is 17.2 Å². The van der Waals surface area contributed by atoms with Crippen LogP contribution in [0.2, 0.25) is 0 Å². The third kappa shape index (κ3) is 8.02.